The highest BCUT2D eigenvalue weighted by atomic mass is 32.2. The van der Waals surface area contributed by atoms with Gasteiger partial charge in [0.05, 0.1) is 10.6 Å². The van der Waals surface area contributed by atoms with E-state index >= 15 is 0 Å². The number of aromatic nitrogens is 1. The molecule has 0 aliphatic carbocycles. The summed E-state index contributed by atoms with van der Waals surface area (Å²) in [5.74, 6) is 0. The van der Waals surface area contributed by atoms with Gasteiger partial charge < -0.3 is 0 Å². The SMILES string of the molecule is O=S(=O)(c1cccc(-c2csc(-c3ccccc3)n2)c1)N1CCCCC1. The van der Waals surface area contributed by atoms with Gasteiger partial charge in [-0.05, 0) is 25.0 Å². The number of piperidine rings is 1. The van der Waals surface area contributed by atoms with Crippen LogP contribution < -0.4 is 0 Å². The average Bonchev–Trinajstić information content (AvgIpc) is 3.20. The van der Waals surface area contributed by atoms with E-state index in [4.69, 9.17) is 4.98 Å². The Kier molecular flexibility index (Phi) is 4.89. The van der Waals surface area contributed by atoms with Crippen LogP contribution in [0.2, 0.25) is 0 Å². The van der Waals surface area contributed by atoms with Crippen molar-refractivity contribution >= 4 is 21.4 Å². The first-order valence-corrected chi connectivity index (χ1v) is 11.1. The number of thiazole rings is 1. The van der Waals surface area contributed by atoms with Crippen molar-refractivity contribution in [2.75, 3.05) is 13.1 Å². The normalized spacial score (nSPS) is 15.8. The molecular weight excluding hydrogens is 364 g/mol. The van der Waals surface area contributed by atoms with E-state index in [0.29, 0.717) is 18.0 Å². The Bertz CT molecular complexity index is 991. The second-order valence-corrected chi connectivity index (χ2v) is 9.19. The molecule has 6 heteroatoms. The van der Waals surface area contributed by atoms with Crippen molar-refractivity contribution in [3.8, 4) is 21.8 Å². The van der Waals surface area contributed by atoms with Crippen LogP contribution in [-0.2, 0) is 10.0 Å². The van der Waals surface area contributed by atoms with Crippen molar-refractivity contribution in [2.24, 2.45) is 0 Å². The van der Waals surface area contributed by atoms with Crippen LogP contribution in [-0.4, -0.2) is 30.8 Å². The van der Waals surface area contributed by atoms with E-state index in [2.05, 4.69) is 0 Å². The smallest absolute Gasteiger partial charge is 0.236 e. The zero-order chi connectivity index (χ0) is 18.0. The highest BCUT2D eigenvalue weighted by molar-refractivity contribution is 7.89. The van der Waals surface area contributed by atoms with Crippen molar-refractivity contribution in [3.63, 3.8) is 0 Å². The van der Waals surface area contributed by atoms with E-state index in [1.165, 1.54) is 0 Å². The molecule has 0 N–H and O–H groups in total. The summed E-state index contributed by atoms with van der Waals surface area (Å²) in [6.45, 7) is 1.23. The Hall–Kier alpha value is -2.02. The van der Waals surface area contributed by atoms with E-state index in [9.17, 15) is 8.42 Å². The van der Waals surface area contributed by atoms with Gasteiger partial charge in [0, 0.05) is 29.6 Å². The van der Waals surface area contributed by atoms with E-state index in [-0.39, 0.29) is 0 Å². The summed E-state index contributed by atoms with van der Waals surface area (Å²) < 4.78 is 27.4. The molecule has 26 heavy (non-hydrogen) atoms. The fraction of sp³-hybridized carbons (Fsp3) is 0.250. The van der Waals surface area contributed by atoms with Gasteiger partial charge >= 0.3 is 0 Å². The molecular formula is C20H20N2O2S2. The second-order valence-electron chi connectivity index (χ2n) is 6.40. The van der Waals surface area contributed by atoms with Crippen LogP contribution >= 0.6 is 11.3 Å². The van der Waals surface area contributed by atoms with E-state index in [1.807, 2.05) is 41.8 Å². The molecule has 1 aromatic heterocycles. The maximum atomic E-state index is 12.9. The molecule has 0 bridgehead atoms. The molecule has 4 rings (SSSR count). The van der Waals surface area contributed by atoms with Crippen molar-refractivity contribution in [2.45, 2.75) is 24.2 Å². The van der Waals surface area contributed by atoms with Crippen molar-refractivity contribution in [1.29, 1.82) is 0 Å². The molecule has 0 saturated carbocycles. The maximum Gasteiger partial charge on any atom is 0.243 e. The summed E-state index contributed by atoms with van der Waals surface area (Å²) in [7, 11) is -3.43. The molecule has 4 nitrogen and oxygen atoms in total. The summed E-state index contributed by atoms with van der Waals surface area (Å²) in [5, 5.41) is 2.92. The Morgan fingerprint density at radius 2 is 1.62 bits per heavy atom. The van der Waals surface area contributed by atoms with Crippen LogP contribution in [0, 0.1) is 0 Å². The number of sulfonamides is 1. The summed E-state index contributed by atoms with van der Waals surface area (Å²) in [4.78, 5) is 5.05. The van der Waals surface area contributed by atoms with Crippen molar-refractivity contribution in [3.05, 3.63) is 60.0 Å². The van der Waals surface area contributed by atoms with Gasteiger partial charge in [0.15, 0.2) is 0 Å². The first-order valence-electron chi connectivity index (χ1n) is 8.76. The topological polar surface area (TPSA) is 50.3 Å². The van der Waals surface area contributed by atoms with Gasteiger partial charge in [0.25, 0.3) is 0 Å². The summed E-state index contributed by atoms with van der Waals surface area (Å²) in [6, 6.07) is 17.1. The Morgan fingerprint density at radius 3 is 2.38 bits per heavy atom. The molecule has 134 valence electrons. The third-order valence-corrected chi connectivity index (χ3v) is 7.39. The molecule has 3 aromatic rings. The van der Waals surface area contributed by atoms with Gasteiger partial charge in [0.2, 0.25) is 10.0 Å². The largest absolute Gasteiger partial charge is 0.243 e. The van der Waals surface area contributed by atoms with Crippen LogP contribution in [0.1, 0.15) is 19.3 Å². The summed E-state index contributed by atoms with van der Waals surface area (Å²) in [5.41, 5.74) is 2.71. The number of nitrogens with zero attached hydrogens (tertiary/aromatic N) is 2. The maximum absolute atomic E-state index is 12.9. The molecule has 0 unspecified atom stereocenters. The molecule has 2 heterocycles. The average molecular weight is 385 g/mol. The second kappa shape index (κ2) is 7.31. The van der Waals surface area contributed by atoms with E-state index in [0.717, 1.165) is 41.1 Å². The molecule has 1 aliphatic rings. The third-order valence-electron chi connectivity index (χ3n) is 4.61. The van der Waals surface area contributed by atoms with E-state index in [1.54, 1.807) is 33.8 Å². The first-order chi connectivity index (χ1) is 12.6. The van der Waals surface area contributed by atoms with Crippen molar-refractivity contribution in [1.82, 2.24) is 9.29 Å². The lowest BCUT2D eigenvalue weighted by molar-refractivity contribution is 0.346. The molecule has 1 fully saturated rings. The van der Waals surface area contributed by atoms with Gasteiger partial charge in [-0.1, -0.05) is 48.9 Å². The zero-order valence-electron chi connectivity index (χ0n) is 14.3. The van der Waals surface area contributed by atoms with Gasteiger partial charge in [-0.15, -0.1) is 11.3 Å². The molecule has 0 atom stereocenters. The lowest BCUT2D eigenvalue weighted by Crippen LogP contribution is -2.35. The Morgan fingerprint density at radius 1 is 0.885 bits per heavy atom. The zero-order valence-corrected chi connectivity index (χ0v) is 16.0. The monoisotopic (exact) mass is 384 g/mol. The molecule has 1 saturated heterocycles. The van der Waals surface area contributed by atoms with Gasteiger partial charge in [-0.2, -0.15) is 4.31 Å². The highest BCUT2D eigenvalue weighted by Crippen LogP contribution is 2.30. The molecule has 0 amide bonds. The Labute approximate surface area is 158 Å². The predicted octanol–water partition coefficient (Wildman–Crippen LogP) is 4.65. The van der Waals surface area contributed by atoms with Crippen molar-refractivity contribution < 1.29 is 8.42 Å². The fourth-order valence-electron chi connectivity index (χ4n) is 3.19. The number of hydrogen-bond acceptors (Lipinski definition) is 4. The minimum atomic E-state index is -3.43. The first kappa shape index (κ1) is 17.4. The highest BCUT2D eigenvalue weighted by Gasteiger charge is 2.26. The van der Waals surface area contributed by atoms with Gasteiger partial charge in [0.1, 0.15) is 5.01 Å². The summed E-state index contributed by atoms with van der Waals surface area (Å²) >= 11 is 1.57. The molecule has 1 aliphatic heterocycles. The molecule has 0 spiro atoms. The van der Waals surface area contributed by atoms with Crippen LogP contribution in [0.25, 0.3) is 21.8 Å². The minimum absolute atomic E-state index is 0.353. The van der Waals surface area contributed by atoms with E-state index < -0.39 is 10.0 Å². The minimum Gasteiger partial charge on any atom is -0.236 e. The fourth-order valence-corrected chi connectivity index (χ4v) is 5.59. The quantitative estimate of drug-likeness (QED) is 0.658. The van der Waals surface area contributed by atoms with Crippen LogP contribution in [0.3, 0.4) is 0 Å². The number of benzene rings is 2. The number of rotatable bonds is 4. The lowest BCUT2D eigenvalue weighted by atomic mass is 10.2. The van der Waals surface area contributed by atoms with Gasteiger partial charge in [-0.25, -0.2) is 13.4 Å². The van der Waals surface area contributed by atoms with Crippen LogP contribution in [0.5, 0.6) is 0 Å². The molecule has 2 aromatic carbocycles. The molecule has 0 radical (unpaired) electrons. The summed E-state index contributed by atoms with van der Waals surface area (Å²) in [6.07, 6.45) is 2.98. The van der Waals surface area contributed by atoms with Crippen LogP contribution in [0.4, 0.5) is 0 Å². The Balaban J connectivity index is 1.65. The predicted molar refractivity (Wildman–Crippen MR) is 106 cm³/mol. The number of hydrogen-bond donors (Lipinski definition) is 0. The lowest BCUT2D eigenvalue weighted by Gasteiger charge is -2.26. The van der Waals surface area contributed by atoms with Crippen LogP contribution in [0.15, 0.2) is 64.9 Å². The van der Waals surface area contributed by atoms with Gasteiger partial charge in [-0.3, -0.25) is 0 Å². The standard InChI is InChI=1S/C20H20N2O2S2/c23-26(24,22-12-5-2-6-13-22)18-11-7-10-17(14-18)19-15-25-20(21-19)16-8-3-1-4-9-16/h1,3-4,7-11,14-15H,2,5-6,12-13H2. The third kappa shape index (κ3) is 3.45.